The van der Waals surface area contributed by atoms with Crippen molar-refractivity contribution in [2.45, 2.75) is 36.8 Å². The van der Waals surface area contributed by atoms with Gasteiger partial charge in [0.15, 0.2) is 0 Å². The Morgan fingerprint density at radius 3 is 1.30 bits per heavy atom. The van der Waals surface area contributed by atoms with Crippen molar-refractivity contribution in [1.82, 2.24) is 4.57 Å². The van der Waals surface area contributed by atoms with Gasteiger partial charge in [0.25, 0.3) is 0 Å². The molecule has 2 nitrogen and oxygen atoms in total. The fraction of sp³-hybridized carbons (Fsp3) is 0.140. The zero-order chi connectivity index (χ0) is 43.5. The summed E-state index contributed by atoms with van der Waals surface area (Å²) in [5.74, 6) is -1.83. The van der Waals surface area contributed by atoms with E-state index < -0.39 is 104 Å². The first kappa shape index (κ1) is 40.3. The molecule has 0 N–H and O–H groups in total. The summed E-state index contributed by atoms with van der Waals surface area (Å²) >= 11 is 0. The quantitative estimate of drug-likeness (QED) is 0.163. The molecule has 0 saturated heterocycles. The molecule has 1 aromatic heterocycles. The number of fused-ring (bicyclic) bond motifs is 6. The highest BCUT2D eigenvalue weighted by Crippen LogP contribution is 2.55. The lowest BCUT2D eigenvalue weighted by Gasteiger charge is -2.26. The van der Waals surface area contributed by atoms with E-state index in [2.05, 4.69) is 0 Å². The first-order valence-electron chi connectivity index (χ1n) is 17.3. The van der Waals surface area contributed by atoms with E-state index in [1.165, 1.54) is 0 Å². The highest BCUT2D eigenvalue weighted by Gasteiger charge is 2.42. The molecule has 0 radical (unpaired) electrons. The van der Waals surface area contributed by atoms with Crippen molar-refractivity contribution in [3.8, 4) is 34.0 Å². The van der Waals surface area contributed by atoms with Gasteiger partial charge in [-0.3, -0.25) is 0 Å². The maximum absolute atomic E-state index is 15.0. The molecule has 0 aliphatic heterocycles. The van der Waals surface area contributed by atoms with Crippen molar-refractivity contribution in [3.05, 3.63) is 159 Å². The van der Waals surface area contributed by atoms with Crippen molar-refractivity contribution in [2.75, 3.05) is 0 Å². The lowest BCUT2D eigenvalue weighted by molar-refractivity contribution is -0.138. The third-order valence-electron chi connectivity index (χ3n) is 10.4. The second kappa shape index (κ2) is 13.3. The fourth-order valence-electron chi connectivity index (χ4n) is 7.94. The number of hydrogen-bond donors (Lipinski definition) is 0. The zero-order valence-electron chi connectivity index (χ0n) is 29.5. The summed E-state index contributed by atoms with van der Waals surface area (Å²) in [5.41, 5.74) is -11.6. The predicted molar refractivity (Wildman–Crippen MR) is 189 cm³/mol. The molecule has 0 spiro atoms. The molecule has 1 heterocycles. The van der Waals surface area contributed by atoms with Gasteiger partial charge in [0, 0.05) is 22.3 Å². The smallest absolute Gasteiger partial charge is 0.309 e. The molecule has 306 valence electrons. The number of nitriles is 1. The maximum Gasteiger partial charge on any atom is 0.417 e. The molecular weight excluding hydrogens is 829 g/mol. The number of aromatic nitrogens is 1. The van der Waals surface area contributed by atoms with Crippen LogP contribution in [-0.2, 0) is 30.9 Å². The number of halogens is 15. The summed E-state index contributed by atoms with van der Waals surface area (Å²) in [7, 11) is 0. The van der Waals surface area contributed by atoms with Crippen LogP contribution in [0.25, 0.3) is 49.7 Å². The first-order valence-corrected chi connectivity index (χ1v) is 17.3. The molecule has 1 aliphatic rings. The Morgan fingerprint density at radius 2 is 0.867 bits per heavy atom. The van der Waals surface area contributed by atoms with Gasteiger partial charge in [0.1, 0.15) is 0 Å². The van der Waals surface area contributed by atoms with Crippen LogP contribution in [0.2, 0.25) is 0 Å². The van der Waals surface area contributed by atoms with Crippen LogP contribution in [0.3, 0.4) is 0 Å². The van der Waals surface area contributed by atoms with E-state index in [-0.39, 0.29) is 33.0 Å². The van der Waals surface area contributed by atoms with E-state index in [0.717, 1.165) is 59.2 Å². The molecule has 0 unspecified atom stereocenters. The topological polar surface area (TPSA) is 28.7 Å². The molecule has 6 aromatic carbocycles. The molecule has 1 aliphatic carbocycles. The number of nitrogens with zero attached hydrogens (tertiary/aromatic N) is 2. The summed E-state index contributed by atoms with van der Waals surface area (Å²) in [6.45, 7) is 0. The van der Waals surface area contributed by atoms with Crippen LogP contribution in [0.1, 0.15) is 56.0 Å². The van der Waals surface area contributed by atoms with Crippen LogP contribution in [0.15, 0.2) is 109 Å². The Morgan fingerprint density at radius 1 is 0.433 bits per heavy atom. The van der Waals surface area contributed by atoms with E-state index in [1.54, 1.807) is 6.07 Å². The molecular formula is C43H19F15N2. The van der Waals surface area contributed by atoms with Gasteiger partial charge < -0.3 is 4.57 Å². The van der Waals surface area contributed by atoms with Crippen molar-refractivity contribution in [3.63, 3.8) is 0 Å². The zero-order valence-corrected chi connectivity index (χ0v) is 29.5. The molecule has 17 heteroatoms. The van der Waals surface area contributed by atoms with Crippen LogP contribution >= 0.6 is 0 Å². The number of rotatable bonds is 3. The predicted octanol–water partition coefficient (Wildman–Crippen LogP) is 14.6. The third kappa shape index (κ3) is 6.67. The van der Waals surface area contributed by atoms with Crippen LogP contribution < -0.4 is 0 Å². The summed E-state index contributed by atoms with van der Waals surface area (Å²) in [4.78, 5) is 0. The Balaban J connectivity index is 1.61. The Labute approximate surface area is 327 Å². The molecule has 0 amide bonds. The third-order valence-corrected chi connectivity index (χ3v) is 10.4. The Kier molecular flexibility index (Phi) is 8.93. The van der Waals surface area contributed by atoms with E-state index in [0.29, 0.717) is 54.6 Å². The van der Waals surface area contributed by atoms with Gasteiger partial charge in [-0.05, 0) is 100 Å². The number of benzene rings is 6. The lowest BCUT2D eigenvalue weighted by atomic mass is 9.81. The first-order chi connectivity index (χ1) is 27.9. The van der Waals surface area contributed by atoms with Crippen LogP contribution in [0.5, 0.6) is 0 Å². The minimum atomic E-state index is -5.24. The summed E-state index contributed by atoms with van der Waals surface area (Å²) < 4.78 is 217. The molecule has 8 rings (SSSR count). The summed E-state index contributed by atoms with van der Waals surface area (Å²) in [6, 6.07) is 15.7. The van der Waals surface area contributed by atoms with E-state index >= 15 is 13.2 Å². The second-order valence-corrected chi connectivity index (χ2v) is 13.9. The van der Waals surface area contributed by atoms with Gasteiger partial charge in [0.05, 0.1) is 56.2 Å². The van der Waals surface area contributed by atoms with Crippen molar-refractivity contribution < 1.29 is 65.9 Å². The summed E-state index contributed by atoms with van der Waals surface area (Å²) in [5, 5.41) is 10.1. The van der Waals surface area contributed by atoms with Crippen LogP contribution in [0.4, 0.5) is 65.9 Å². The average molecular weight is 849 g/mol. The minimum Gasteiger partial charge on any atom is -0.309 e. The van der Waals surface area contributed by atoms with Gasteiger partial charge in [-0.15, -0.1) is 0 Å². The van der Waals surface area contributed by atoms with Crippen LogP contribution in [0, 0.1) is 11.3 Å². The molecule has 0 saturated carbocycles. The van der Waals surface area contributed by atoms with Crippen LogP contribution in [-0.4, -0.2) is 4.57 Å². The van der Waals surface area contributed by atoms with Crippen molar-refractivity contribution in [1.29, 1.82) is 5.26 Å². The highest BCUT2D eigenvalue weighted by molar-refractivity contribution is 6.10. The molecule has 7 aromatic rings. The Hall–Kier alpha value is -6.44. The standard InChI is InChI=1S/C43H19F15N2/c44-39(45,46)21-5-9-25-26-10-6-22(40(47,48)49)16-31(26)37(30(25)15-21)32-13-20(19-59)14-36(38(32)29-3-1-2-4-33(29)43(56,57)58)60-34-17-23(41(50,51)52)7-11-27(34)28-12-8-24(18-35(28)60)42(53,54)55/h1-18,37H. The van der Waals surface area contributed by atoms with Crippen molar-refractivity contribution >= 4 is 21.8 Å². The van der Waals surface area contributed by atoms with E-state index in [1.807, 2.05) is 0 Å². The van der Waals surface area contributed by atoms with E-state index in [9.17, 15) is 57.9 Å². The van der Waals surface area contributed by atoms with Gasteiger partial charge in [-0.1, -0.05) is 42.5 Å². The van der Waals surface area contributed by atoms with Gasteiger partial charge in [-0.25, -0.2) is 0 Å². The Bertz CT molecular complexity index is 2800. The fourth-order valence-corrected chi connectivity index (χ4v) is 7.94. The monoisotopic (exact) mass is 848 g/mol. The average Bonchev–Trinajstić information content (AvgIpc) is 3.67. The van der Waals surface area contributed by atoms with E-state index in [4.69, 9.17) is 0 Å². The van der Waals surface area contributed by atoms with Gasteiger partial charge in [0.2, 0.25) is 0 Å². The molecule has 0 atom stereocenters. The van der Waals surface area contributed by atoms with Gasteiger partial charge >= 0.3 is 30.9 Å². The minimum absolute atomic E-state index is 0.0582. The maximum atomic E-state index is 15.0. The number of hydrogen-bond acceptors (Lipinski definition) is 1. The van der Waals surface area contributed by atoms with Gasteiger partial charge in [-0.2, -0.15) is 71.1 Å². The normalized spacial score (nSPS) is 13.8. The SMILES string of the molecule is N#Cc1cc(C2c3cc(C(F)(F)F)ccc3-c3ccc(C(F)(F)F)cc32)c(-c2ccccc2C(F)(F)F)c(-n2c3cc(C(F)(F)F)ccc3c3ccc(C(F)(F)F)cc32)c1. The second-order valence-electron chi connectivity index (χ2n) is 13.9. The number of alkyl halides is 15. The highest BCUT2D eigenvalue weighted by atomic mass is 19.4. The largest absolute Gasteiger partial charge is 0.417 e. The molecule has 60 heavy (non-hydrogen) atoms. The molecule has 0 fully saturated rings. The molecule has 0 bridgehead atoms. The van der Waals surface area contributed by atoms with Crippen molar-refractivity contribution in [2.24, 2.45) is 0 Å². The lowest BCUT2D eigenvalue weighted by Crippen LogP contribution is -2.13. The summed E-state index contributed by atoms with van der Waals surface area (Å²) in [6.07, 6.45) is -25.5.